The van der Waals surface area contributed by atoms with E-state index in [1.807, 2.05) is 0 Å². The van der Waals surface area contributed by atoms with Crippen molar-refractivity contribution >= 4 is 13.3 Å². The number of hydrogen-bond donors (Lipinski definition) is 2. The van der Waals surface area contributed by atoms with E-state index in [4.69, 9.17) is 0 Å². The van der Waals surface area contributed by atoms with Crippen LogP contribution in [0.4, 0.5) is 0 Å². The molecular weight excluding hydrogens is 238 g/mol. The zero-order chi connectivity index (χ0) is 13.8. The lowest BCUT2D eigenvalue weighted by atomic mass is 10.00. The van der Waals surface area contributed by atoms with Crippen LogP contribution < -0.4 is 10.5 Å². The maximum atomic E-state index is 9.36. The molecule has 2 nitrogen and oxygen atoms in total. The van der Waals surface area contributed by atoms with Crippen LogP contribution in [0.1, 0.15) is 25.8 Å². The van der Waals surface area contributed by atoms with Gasteiger partial charge in [-0.1, -0.05) is 56.0 Å². The summed E-state index contributed by atoms with van der Waals surface area (Å²) < 4.78 is 0. The molecule has 102 valence electrons. The number of benzene rings is 1. The topological polar surface area (TPSA) is 32.3 Å². The second-order valence-corrected chi connectivity index (χ2v) is 11.5. The molecule has 1 aromatic rings. The molecule has 0 bridgehead atoms. The summed E-state index contributed by atoms with van der Waals surface area (Å²) in [6.45, 7) is 12.2. The van der Waals surface area contributed by atoms with E-state index < -0.39 is 8.07 Å². The molecule has 0 fully saturated rings. The Morgan fingerprint density at radius 1 is 1.17 bits per heavy atom. The van der Waals surface area contributed by atoms with E-state index in [1.54, 1.807) is 0 Å². The molecule has 0 radical (unpaired) electrons. The van der Waals surface area contributed by atoms with Crippen molar-refractivity contribution in [3.05, 3.63) is 29.8 Å². The smallest absolute Gasteiger partial charge is 0.0775 e. The Morgan fingerprint density at radius 2 is 1.72 bits per heavy atom. The van der Waals surface area contributed by atoms with Gasteiger partial charge in [0.2, 0.25) is 0 Å². The molecule has 18 heavy (non-hydrogen) atoms. The molecular formula is C15H27NOSi. The molecule has 0 aromatic heterocycles. The van der Waals surface area contributed by atoms with Crippen molar-refractivity contribution in [2.75, 3.05) is 6.61 Å². The van der Waals surface area contributed by atoms with Gasteiger partial charge in [0.05, 0.1) is 14.7 Å². The molecule has 0 saturated carbocycles. The third-order valence-corrected chi connectivity index (χ3v) is 5.73. The van der Waals surface area contributed by atoms with Crippen LogP contribution in [0.5, 0.6) is 0 Å². The largest absolute Gasteiger partial charge is 0.394 e. The number of hydrogen-bond acceptors (Lipinski definition) is 2. The van der Waals surface area contributed by atoms with Crippen LogP contribution in [0, 0.1) is 0 Å². The second kappa shape index (κ2) is 6.00. The minimum atomic E-state index is -1.19. The quantitative estimate of drug-likeness (QED) is 0.775. The Balaban J connectivity index is 2.65. The van der Waals surface area contributed by atoms with E-state index in [-0.39, 0.29) is 12.1 Å². The maximum absolute atomic E-state index is 9.36. The lowest BCUT2D eigenvalue weighted by Gasteiger charge is -2.27. The zero-order valence-corrected chi connectivity index (χ0v) is 13.4. The summed E-state index contributed by atoms with van der Waals surface area (Å²) in [7, 11) is -1.19. The van der Waals surface area contributed by atoms with Crippen molar-refractivity contribution in [1.29, 1.82) is 0 Å². The molecule has 1 aromatic carbocycles. The summed E-state index contributed by atoms with van der Waals surface area (Å²) in [6.07, 6.45) is 0.927. The number of rotatable bonds is 6. The number of aliphatic hydroxyl groups is 1. The average molecular weight is 265 g/mol. The van der Waals surface area contributed by atoms with Crippen LogP contribution in [0.25, 0.3) is 0 Å². The van der Waals surface area contributed by atoms with Crippen molar-refractivity contribution < 1.29 is 5.11 Å². The van der Waals surface area contributed by atoms with E-state index >= 15 is 0 Å². The maximum Gasteiger partial charge on any atom is 0.0775 e. The molecule has 0 heterocycles. The van der Waals surface area contributed by atoms with Gasteiger partial charge in [-0.05, 0) is 18.9 Å². The molecule has 0 saturated heterocycles. The first-order valence-electron chi connectivity index (χ1n) is 6.76. The van der Waals surface area contributed by atoms with Gasteiger partial charge in [0.15, 0.2) is 0 Å². The van der Waals surface area contributed by atoms with Crippen molar-refractivity contribution in [3.63, 3.8) is 0 Å². The predicted molar refractivity (Wildman–Crippen MR) is 82.0 cm³/mol. The average Bonchev–Trinajstić information content (AvgIpc) is 2.35. The van der Waals surface area contributed by atoms with Crippen molar-refractivity contribution in [2.45, 2.75) is 52.0 Å². The Morgan fingerprint density at radius 3 is 2.11 bits per heavy atom. The van der Waals surface area contributed by atoms with Gasteiger partial charge in [0.25, 0.3) is 0 Å². The fourth-order valence-corrected chi connectivity index (χ4v) is 2.90. The summed E-state index contributed by atoms with van der Waals surface area (Å²) >= 11 is 0. The third-order valence-electron chi connectivity index (χ3n) is 3.67. The van der Waals surface area contributed by atoms with Crippen molar-refractivity contribution in [3.8, 4) is 0 Å². The van der Waals surface area contributed by atoms with E-state index in [1.165, 1.54) is 10.8 Å². The van der Waals surface area contributed by atoms with E-state index in [2.05, 4.69) is 63.1 Å². The molecule has 0 spiro atoms. The second-order valence-electron chi connectivity index (χ2n) is 6.37. The highest BCUT2D eigenvalue weighted by atomic mass is 28.3. The van der Waals surface area contributed by atoms with Crippen LogP contribution in [-0.4, -0.2) is 25.3 Å². The van der Waals surface area contributed by atoms with Crippen LogP contribution in [0.15, 0.2) is 24.3 Å². The monoisotopic (exact) mass is 265 g/mol. The van der Waals surface area contributed by atoms with Crippen LogP contribution in [0.3, 0.4) is 0 Å². The van der Waals surface area contributed by atoms with E-state index in [0.717, 1.165) is 13.0 Å². The molecule has 3 heteroatoms. The minimum absolute atomic E-state index is 0.169. The first-order valence-corrected chi connectivity index (χ1v) is 10.3. The van der Waals surface area contributed by atoms with Gasteiger partial charge in [-0.25, -0.2) is 0 Å². The highest BCUT2D eigenvalue weighted by molar-refractivity contribution is 6.88. The highest BCUT2D eigenvalue weighted by Crippen LogP contribution is 2.10. The summed E-state index contributed by atoms with van der Waals surface area (Å²) in [6, 6.07) is 8.92. The van der Waals surface area contributed by atoms with Crippen LogP contribution in [0.2, 0.25) is 19.6 Å². The van der Waals surface area contributed by atoms with Gasteiger partial charge in [-0.3, -0.25) is 0 Å². The summed E-state index contributed by atoms with van der Waals surface area (Å²) in [5.74, 6) is 0. The van der Waals surface area contributed by atoms with E-state index in [9.17, 15) is 5.11 Å². The zero-order valence-electron chi connectivity index (χ0n) is 12.4. The molecule has 0 aliphatic carbocycles. The van der Waals surface area contributed by atoms with E-state index in [0.29, 0.717) is 0 Å². The summed E-state index contributed by atoms with van der Waals surface area (Å²) in [5.41, 5.74) is 1.11. The Labute approximate surface area is 112 Å². The highest BCUT2D eigenvalue weighted by Gasteiger charge is 2.20. The number of aliphatic hydroxyl groups excluding tert-OH is 1. The van der Waals surface area contributed by atoms with Gasteiger partial charge in [0.1, 0.15) is 0 Å². The fourth-order valence-electron chi connectivity index (χ4n) is 1.73. The SMILES string of the molecule is CCC(C)(CO)NCc1ccc([Si](C)(C)C)cc1. The normalized spacial score (nSPS) is 15.4. The molecule has 0 aliphatic rings. The van der Waals surface area contributed by atoms with Crippen molar-refractivity contribution in [2.24, 2.45) is 0 Å². The minimum Gasteiger partial charge on any atom is -0.394 e. The molecule has 1 rings (SSSR count). The molecule has 2 N–H and O–H groups in total. The molecule has 1 unspecified atom stereocenters. The first-order chi connectivity index (χ1) is 8.30. The fraction of sp³-hybridized carbons (Fsp3) is 0.600. The van der Waals surface area contributed by atoms with Crippen molar-refractivity contribution in [1.82, 2.24) is 5.32 Å². The summed E-state index contributed by atoms with van der Waals surface area (Å²) in [5, 5.41) is 14.3. The molecule has 1 atom stereocenters. The number of nitrogens with one attached hydrogen (secondary N) is 1. The Bertz CT molecular complexity index is 363. The Kier molecular flexibility index (Phi) is 5.14. The van der Waals surface area contributed by atoms with Gasteiger partial charge in [-0.2, -0.15) is 0 Å². The van der Waals surface area contributed by atoms with Crippen LogP contribution in [-0.2, 0) is 6.54 Å². The standard InChI is InChI=1S/C15H27NOSi/c1-6-15(2,12-17)16-11-13-7-9-14(10-8-13)18(3,4)5/h7-10,16-17H,6,11-12H2,1-5H3. The lowest BCUT2D eigenvalue weighted by molar-refractivity contribution is 0.169. The van der Waals surface area contributed by atoms with Gasteiger partial charge >= 0.3 is 0 Å². The van der Waals surface area contributed by atoms with Gasteiger partial charge in [0, 0.05) is 12.1 Å². The van der Waals surface area contributed by atoms with Gasteiger partial charge < -0.3 is 10.4 Å². The van der Waals surface area contributed by atoms with Crippen LogP contribution >= 0.6 is 0 Å². The lowest BCUT2D eigenvalue weighted by Crippen LogP contribution is -2.44. The predicted octanol–water partition coefficient (Wildman–Crippen LogP) is 2.48. The summed E-state index contributed by atoms with van der Waals surface area (Å²) in [4.78, 5) is 0. The molecule has 0 amide bonds. The first kappa shape index (κ1) is 15.4. The van der Waals surface area contributed by atoms with Gasteiger partial charge in [-0.15, -0.1) is 0 Å². The third kappa shape index (κ3) is 4.23. The molecule has 0 aliphatic heterocycles. The Hall–Kier alpha value is -0.643.